The molecule has 0 aliphatic rings. The van der Waals surface area contributed by atoms with E-state index in [1.165, 1.54) is 16.4 Å². The minimum atomic E-state index is -3.59. The second kappa shape index (κ2) is 6.50. The third kappa shape index (κ3) is 3.43. The lowest BCUT2D eigenvalue weighted by Gasteiger charge is -2.21. The number of aryl methyl sites for hydroxylation is 1. The monoisotopic (exact) mass is 293 g/mol. The van der Waals surface area contributed by atoms with Gasteiger partial charge in [-0.3, -0.25) is 0 Å². The highest BCUT2D eigenvalue weighted by Crippen LogP contribution is 2.21. The van der Waals surface area contributed by atoms with Gasteiger partial charge in [-0.15, -0.1) is 11.6 Å². The quantitative estimate of drug-likeness (QED) is 0.756. The number of alkyl halides is 1. The Hall–Kier alpha value is -0.650. The Morgan fingerprint density at radius 3 is 2.50 bits per heavy atom. The standard InChI is InChI=1S/C12H17ClFNO2S/c1-3-7-15(8-6-13)18(16,17)12-5-4-11(14)9-10(12)2/h4-5,9H,3,6-8H2,1-2H3. The Morgan fingerprint density at radius 1 is 1.33 bits per heavy atom. The first kappa shape index (κ1) is 15.4. The van der Waals surface area contributed by atoms with Gasteiger partial charge >= 0.3 is 0 Å². The average molecular weight is 294 g/mol. The van der Waals surface area contributed by atoms with E-state index in [-0.39, 0.29) is 17.3 Å². The number of halogens is 2. The molecule has 0 fully saturated rings. The van der Waals surface area contributed by atoms with Gasteiger partial charge < -0.3 is 0 Å². The van der Waals surface area contributed by atoms with E-state index in [1.807, 2.05) is 6.92 Å². The molecule has 0 radical (unpaired) electrons. The van der Waals surface area contributed by atoms with Crippen molar-refractivity contribution in [3.8, 4) is 0 Å². The average Bonchev–Trinajstić information content (AvgIpc) is 2.28. The maximum absolute atomic E-state index is 13.0. The van der Waals surface area contributed by atoms with Crippen LogP contribution >= 0.6 is 11.6 Å². The summed E-state index contributed by atoms with van der Waals surface area (Å²) < 4.78 is 39.1. The summed E-state index contributed by atoms with van der Waals surface area (Å²) in [4.78, 5) is 0.141. The second-order valence-corrected chi connectivity index (χ2v) is 6.29. The lowest BCUT2D eigenvalue weighted by Crippen LogP contribution is -2.34. The highest BCUT2D eigenvalue weighted by Gasteiger charge is 2.24. The van der Waals surface area contributed by atoms with Gasteiger partial charge in [0.05, 0.1) is 4.90 Å². The van der Waals surface area contributed by atoms with Crippen LogP contribution in [-0.4, -0.2) is 31.7 Å². The van der Waals surface area contributed by atoms with Crippen molar-refractivity contribution < 1.29 is 12.8 Å². The van der Waals surface area contributed by atoms with Gasteiger partial charge in [0.2, 0.25) is 10.0 Å². The van der Waals surface area contributed by atoms with Crippen LogP contribution in [0.2, 0.25) is 0 Å². The van der Waals surface area contributed by atoms with E-state index in [9.17, 15) is 12.8 Å². The largest absolute Gasteiger partial charge is 0.243 e. The maximum Gasteiger partial charge on any atom is 0.243 e. The van der Waals surface area contributed by atoms with Crippen LogP contribution in [0.5, 0.6) is 0 Å². The van der Waals surface area contributed by atoms with Crippen LogP contribution in [0.25, 0.3) is 0 Å². The molecule has 0 aliphatic carbocycles. The van der Waals surface area contributed by atoms with Gasteiger partial charge in [-0.05, 0) is 37.1 Å². The van der Waals surface area contributed by atoms with Gasteiger partial charge in [0.15, 0.2) is 0 Å². The molecule has 0 saturated heterocycles. The number of benzene rings is 1. The van der Waals surface area contributed by atoms with Crippen molar-refractivity contribution in [2.24, 2.45) is 0 Å². The van der Waals surface area contributed by atoms with Crippen LogP contribution in [0.4, 0.5) is 4.39 Å². The van der Waals surface area contributed by atoms with Gasteiger partial charge in [-0.25, -0.2) is 12.8 Å². The third-order valence-corrected chi connectivity index (χ3v) is 4.79. The predicted molar refractivity (Wildman–Crippen MR) is 70.9 cm³/mol. The van der Waals surface area contributed by atoms with E-state index in [1.54, 1.807) is 6.92 Å². The predicted octanol–water partition coefficient (Wildman–Crippen LogP) is 2.77. The summed E-state index contributed by atoms with van der Waals surface area (Å²) in [6.07, 6.45) is 0.705. The van der Waals surface area contributed by atoms with E-state index in [0.717, 1.165) is 6.07 Å². The summed E-state index contributed by atoms with van der Waals surface area (Å²) in [5.41, 5.74) is 0.408. The second-order valence-electron chi connectivity index (χ2n) is 4.00. The molecule has 1 aromatic rings. The smallest absolute Gasteiger partial charge is 0.207 e. The van der Waals surface area contributed by atoms with Crippen LogP contribution in [0.3, 0.4) is 0 Å². The van der Waals surface area contributed by atoms with Crippen LogP contribution in [0.1, 0.15) is 18.9 Å². The summed E-state index contributed by atoms with van der Waals surface area (Å²) in [6.45, 7) is 4.15. The van der Waals surface area contributed by atoms with Crippen LogP contribution in [-0.2, 0) is 10.0 Å². The van der Waals surface area contributed by atoms with Crippen LogP contribution < -0.4 is 0 Å². The topological polar surface area (TPSA) is 37.4 Å². The van der Waals surface area contributed by atoms with Gasteiger partial charge in [0.1, 0.15) is 5.82 Å². The molecule has 0 aliphatic heterocycles. The first-order chi connectivity index (χ1) is 8.43. The lowest BCUT2D eigenvalue weighted by atomic mass is 10.2. The van der Waals surface area contributed by atoms with Crippen LogP contribution in [0.15, 0.2) is 23.1 Å². The normalized spacial score (nSPS) is 12.1. The molecular formula is C12H17ClFNO2S. The summed E-state index contributed by atoms with van der Waals surface area (Å²) in [6, 6.07) is 3.68. The van der Waals surface area contributed by atoms with Crippen LogP contribution in [0, 0.1) is 12.7 Å². The number of nitrogens with zero attached hydrogens (tertiary/aromatic N) is 1. The first-order valence-corrected chi connectivity index (χ1v) is 7.73. The number of rotatable bonds is 6. The zero-order valence-electron chi connectivity index (χ0n) is 10.5. The fourth-order valence-electron chi connectivity index (χ4n) is 1.74. The van der Waals surface area contributed by atoms with Crippen molar-refractivity contribution in [3.63, 3.8) is 0 Å². The Labute approximate surface area is 113 Å². The highest BCUT2D eigenvalue weighted by atomic mass is 35.5. The zero-order chi connectivity index (χ0) is 13.8. The molecule has 0 spiro atoms. The summed E-state index contributed by atoms with van der Waals surface area (Å²) >= 11 is 5.62. The lowest BCUT2D eigenvalue weighted by molar-refractivity contribution is 0.428. The molecule has 0 N–H and O–H groups in total. The Kier molecular flexibility index (Phi) is 5.56. The van der Waals surface area contributed by atoms with E-state index in [0.29, 0.717) is 18.5 Å². The molecule has 0 atom stereocenters. The van der Waals surface area contributed by atoms with Crippen molar-refractivity contribution in [3.05, 3.63) is 29.6 Å². The molecule has 1 aromatic carbocycles. The summed E-state index contributed by atoms with van der Waals surface area (Å²) in [5, 5.41) is 0. The molecule has 3 nitrogen and oxygen atoms in total. The molecule has 0 unspecified atom stereocenters. The van der Waals surface area contributed by atoms with Crippen molar-refractivity contribution in [1.82, 2.24) is 4.31 Å². The molecule has 102 valence electrons. The zero-order valence-corrected chi connectivity index (χ0v) is 12.1. The molecule has 0 amide bonds. The van der Waals surface area contributed by atoms with Gasteiger partial charge in [0.25, 0.3) is 0 Å². The van der Waals surface area contributed by atoms with Gasteiger partial charge in [0, 0.05) is 19.0 Å². The van der Waals surface area contributed by atoms with E-state index in [4.69, 9.17) is 11.6 Å². The first-order valence-electron chi connectivity index (χ1n) is 5.75. The molecule has 0 aromatic heterocycles. The molecule has 18 heavy (non-hydrogen) atoms. The van der Waals surface area contributed by atoms with Crippen molar-refractivity contribution in [1.29, 1.82) is 0 Å². The summed E-state index contributed by atoms with van der Waals surface area (Å²) in [7, 11) is -3.59. The van der Waals surface area contributed by atoms with Gasteiger partial charge in [-0.1, -0.05) is 6.92 Å². The third-order valence-electron chi connectivity index (χ3n) is 2.56. The van der Waals surface area contributed by atoms with E-state index in [2.05, 4.69) is 0 Å². The highest BCUT2D eigenvalue weighted by molar-refractivity contribution is 7.89. The number of sulfonamides is 1. The van der Waals surface area contributed by atoms with Crippen molar-refractivity contribution in [2.75, 3.05) is 19.0 Å². The Morgan fingerprint density at radius 2 is 2.00 bits per heavy atom. The molecule has 0 bridgehead atoms. The van der Waals surface area contributed by atoms with Crippen molar-refractivity contribution in [2.45, 2.75) is 25.2 Å². The fraction of sp³-hybridized carbons (Fsp3) is 0.500. The van der Waals surface area contributed by atoms with Gasteiger partial charge in [-0.2, -0.15) is 4.31 Å². The minimum Gasteiger partial charge on any atom is -0.207 e. The SMILES string of the molecule is CCCN(CCCl)S(=O)(=O)c1ccc(F)cc1C. The molecular weight excluding hydrogens is 277 g/mol. The Bertz CT molecular complexity index is 499. The minimum absolute atomic E-state index is 0.141. The number of hydrogen-bond acceptors (Lipinski definition) is 2. The summed E-state index contributed by atoms with van der Waals surface area (Å²) in [5.74, 6) is -0.203. The van der Waals surface area contributed by atoms with Crippen molar-refractivity contribution >= 4 is 21.6 Å². The van der Waals surface area contributed by atoms with E-state index >= 15 is 0 Å². The molecule has 6 heteroatoms. The Balaban J connectivity index is 3.17. The van der Waals surface area contributed by atoms with E-state index < -0.39 is 15.8 Å². The fourth-order valence-corrected chi connectivity index (χ4v) is 3.78. The molecule has 0 heterocycles. The molecule has 0 saturated carbocycles. The maximum atomic E-state index is 13.0. The number of hydrogen-bond donors (Lipinski definition) is 0. The molecule has 1 rings (SSSR count).